The van der Waals surface area contributed by atoms with Gasteiger partial charge in [-0.05, 0) is 35.9 Å². The minimum atomic E-state index is -0.593. The van der Waals surface area contributed by atoms with Crippen LogP contribution in [0, 0.1) is 11.3 Å². The number of halogens is 2. The van der Waals surface area contributed by atoms with Crippen LogP contribution in [0.4, 0.5) is 0 Å². The standard InChI is InChI=1S/C21H17Cl2N3O2/c1-26(20(27)18-10-15-17(25-18)7-6-16(22)19(15)23)21(8-9-28-12-21)14-4-2-13(11-24)3-5-14/h2-7,10,25H,8-9,12H2,1H3. The number of nitrogens with zero attached hydrogens (tertiary/aromatic N) is 2. The van der Waals surface area contributed by atoms with Gasteiger partial charge in [-0.1, -0.05) is 35.3 Å². The van der Waals surface area contributed by atoms with Crippen molar-refractivity contribution < 1.29 is 9.53 Å². The third kappa shape index (κ3) is 2.94. The fraction of sp³-hybridized carbons (Fsp3) is 0.238. The number of likely N-dealkylation sites (N-methyl/N-ethyl adjacent to an activating group) is 1. The second-order valence-electron chi connectivity index (χ2n) is 6.89. The number of benzene rings is 2. The molecule has 7 heteroatoms. The van der Waals surface area contributed by atoms with Gasteiger partial charge < -0.3 is 14.6 Å². The van der Waals surface area contributed by atoms with Crippen LogP contribution in [0.1, 0.15) is 28.0 Å². The first kappa shape index (κ1) is 18.8. The summed E-state index contributed by atoms with van der Waals surface area (Å²) in [6.07, 6.45) is 0.675. The summed E-state index contributed by atoms with van der Waals surface area (Å²) >= 11 is 12.4. The van der Waals surface area contributed by atoms with Crippen LogP contribution in [0.3, 0.4) is 0 Å². The zero-order chi connectivity index (χ0) is 19.9. The van der Waals surface area contributed by atoms with Gasteiger partial charge in [-0.2, -0.15) is 5.26 Å². The van der Waals surface area contributed by atoms with Crippen molar-refractivity contribution in [2.24, 2.45) is 0 Å². The Labute approximate surface area is 172 Å². The van der Waals surface area contributed by atoms with Gasteiger partial charge in [-0.25, -0.2) is 0 Å². The molecule has 28 heavy (non-hydrogen) atoms. The van der Waals surface area contributed by atoms with Gasteiger partial charge in [0.05, 0.1) is 33.8 Å². The molecule has 0 aliphatic carbocycles. The van der Waals surface area contributed by atoms with E-state index in [0.29, 0.717) is 46.3 Å². The van der Waals surface area contributed by atoms with Crippen LogP contribution in [0.2, 0.25) is 10.0 Å². The Morgan fingerprint density at radius 3 is 2.64 bits per heavy atom. The molecule has 0 spiro atoms. The highest BCUT2D eigenvalue weighted by molar-refractivity contribution is 6.45. The fourth-order valence-corrected chi connectivity index (χ4v) is 4.11. The van der Waals surface area contributed by atoms with Crippen LogP contribution in [0.15, 0.2) is 42.5 Å². The number of ether oxygens (including phenoxy) is 1. The van der Waals surface area contributed by atoms with Crippen molar-refractivity contribution in [3.63, 3.8) is 0 Å². The summed E-state index contributed by atoms with van der Waals surface area (Å²) in [7, 11) is 1.77. The highest BCUT2D eigenvalue weighted by Gasteiger charge is 2.43. The maximum Gasteiger partial charge on any atom is 0.270 e. The van der Waals surface area contributed by atoms with E-state index in [4.69, 9.17) is 33.2 Å². The average molecular weight is 414 g/mol. The van der Waals surface area contributed by atoms with Crippen LogP contribution in [0.25, 0.3) is 10.9 Å². The Hall–Kier alpha value is -2.52. The maximum absolute atomic E-state index is 13.3. The number of rotatable bonds is 3. The Kier molecular flexibility index (Phi) is 4.80. The quantitative estimate of drug-likeness (QED) is 0.674. The van der Waals surface area contributed by atoms with Gasteiger partial charge in [0.15, 0.2) is 0 Å². The molecule has 1 aliphatic heterocycles. The first-order valence-corrected chi connectivity index (χ1v) is 9.55. The van der Waals surface area contributed by atoms with Gasteiger partial charge in [-0.3, -0.25) is 4.79 Å². The largest absolute Gasteiger partial charge is 0.379 e. The normalized spacial score (nSPS) is 18.9. The second-order valence-corrected chi connectivity index (χ2v) is 7.68. The van der Waals surface area contributed by atoms with Crippen LogP contribution in [-0.2, 0) is 10.3 Å². The Morgan fingerprint density at radius 1 is 1.25 bits per heavy atom. The lowest BCUT2D eigenvalue weighted by molar-refractivity contribution is 0.0490. The molecule has 1 amide bonds. The predicted octanol–water partition coefficient (Wildman–Crippen LogP) is 4.73. The van der Waals surface area contributed by atoms with Crippen molar-refractivity contribution in [1.82, 2.24) is 9.88 Å². The van der Waals surface area contributed by atoms with Crippen LogP contribution in [-0.4, -0.2) is 36.1 Å². The SMILES string of the molecule is CN(C(=O)c1cc2c(Cl)c(Cl)ccc2[nH]1)C1(c2ccc(C#N)cc2)CCOC1. The number of nitriles is 1. The van der Waals surface area contributed by atoms with E-state index in [9.17, 15) is 4.79 Å². The molecule has 2 aromatic carbocycles. The Balaban J connectivity index is 1.73. The fourth-order valence-electron chi connectivity index (χ4n) is 3.73. The smallest absolute Gasteiger partial charge is 0.270 e. The molecule has 0 radical (unpaired) electrons. The zero-order valence-corrected chi connectivity index (χ0v) is 16.6. The monoisotopic (exact) mass is 413 g/mol. The summed E-state index contributed by atoms with van der Waals surface area (Å²) in [5, 5.41) is 10.6. The zero-order valence-electron chi connectivity index (χ0n) is 15.1. The molecular weight excluding hydrogens is 397 g/mol. The van der Waals surface area contributed by atoms with Gasteiger partial charge in [-0.15, -0.1) is 0 Å². The van der Waals surface area contributed by atoms with Crippen molar-refractivity contribution in [2.75, 3.05) is 20.3 Å². The molecule has 4 rings (SSSR count). The van der Waals surface area contributed by atoms with E-state index < -0.39 is 5.54 Å². The van der Waals surface area contributed by atoms with Crippen LogP contribution in [0.5, 0.6) is 0 Å². The summed E-state index contributed by atoms with van der Waals surface area (Å²) in [4.78, 5) is 18.2. The topological polar surface area (TPSA) is 69.1 Å². The predicted molar refractivity (Wildman–Crippen MR) is 109 cm³/mol. The molecule has 1 unspecified atom stereocenters. The number of hydrogen-bond acceptors (Lipinski definition) is 3. The van der Waals surface area contributed by atoms with Crippen LogP contribution < -0.4 is 0 Å². The number of carbonyl (C=O) groups is 1. The Bertz CT molecular complexity index is 1090. The number of hydrogen-bond donors (Lipinski definition) is 1. The van der Waals surface area contributed by atoms with E-state index >= 15 is 0 Å². The molecule has 3 aromatic rings. The Morgan fingerprint density at radius 2 is 2.00 bits per heavy atom. The van der Waals surface area contributed by atoms with Gasteiger partial charge >= 0.3 is 0 Å². The molecule has 0 bridgehead atoms. The molecule has 1 saturated heterocycles. The minimum absolute atomic E-state index is 0.168. The average Bonchev–Trinajstić information content (AvgIpc) is 3.38. The van der Waals surface area contributed by atoms with Gasteiger partial charge in [0, 0.05) is 31.0 Å². The summed E-state index contributed by atoms with van der Waals surface area (Å²) in [5.74, 6) is -0.168. The molecule has 2 heterocycles. The van der Waals surface area contributed by atoms with E-state index in [1.807, 2.05) is 12.1 Å². The number of fused-ring (bicyclic) bond motifs is 1. The van der Waals surface area contributed by atoms with Gasteiger partial charge in [0.1, 0.15) is 5.69 Å². The van der Waals surface area contributed by atoms with Crippen LogP contribution >= 0.6 is 23.2 Å². The molecule has 5 nitrogen and oxygen atoms in total. The highest BCUT2D eigenvalue weighted by Crippen LogP contribution is 2.38. The van der Waals surface area contributed by atoms with E-state index in [0.717, 1.165) is 11.1 Å². The molecule has 1 aromatic heterocycles. The van der Waals surface area contributed by atoms with Crippen molar-refractivity contribution in [3.05, 3.63) is 69.3 Å². The highest BCUT2D eigenvalue weighted by atomic mass is 35.5. The number of nitrogens with one attached hydrogen (secondary N) is 1. The molecule has 1 fully saturated rings. The number of aromatic nitrogens is 1. The summed E-state index contributed by atoms with van der Waals surface area (Å²) < 4.78 is 5.66. The molecule has 1 atom stereocenters. The van der Waals surface area contributed by atoms with E-state index in [1.54, 1.807) is 42.3 Å². The number of aromatic amines is 1. The van der Waals surface area contributed by atoms with Crippen molar-refractivity contribution in [2.45, 2.75) is 12.0 Å². The summed E-state index contributed by atoms with van der Waals surface area (Å²) in [6.45, 7) is 0.958. The summed E-state index contributed by atoms with van der Waals surface area (Å²) in [6, 6.07) is 14.6. The molecule has 1 aliphatic rings. The molecule has 1 N–H and O–H groups in total. The lowest BCUT2D eigenvalue weighted by Crippen LogP contribution is -2.47. The number of amides is 1. The van der Waals surface area contributed by atoms with Gasteiger partial charge in [0.25, 0.3) is 5.91 Å². The first-order valence-electron chi connectivity index (χ1n) is 8.79. The van der Waals surface area contributed by atoms with E-state index in [2.05, 4.69) is 11.1 Å². The lowest BCUT2D eigenvalue weighted by atomic mass is 9.86. The molecular formula is C21H17Cl2N3O2. The third-order valence-electron chi connectivity index (χ3n) is 5.42. The van der Waals surface area contributed by atoms with Crippen molar-refractivity contribution >= 4 is 40.0 Å². The van der Waals surface area contributed by atoms with E-state index in [-0.39, 0.29) is 5.91 Å². The third-order valence-corrected chi connectivity index (χ3v) is 6.24. The number of H-pyrrole nitrogens is 1. The second kappa shape index (κ2) is 7.14. The van der Waals surface area contributed by atoms with Crippen molar-refractivity contribution in [1.29, 1.82) is 5.26 Å². The lowest BCUT2D eigenvalue weighted by Gasteiger charge is -2.38. The number of carbonyl (C=O) groups excluding carboxylic acids is 1. The first-order chi connectivity index (χ1) is 13.5. The van der Waals surface area contributed by atoms with E-state index in [1.165, 1.54) is 0 Å². The van der Waals surface area contributed by atoms with Gasteiger partial charge in [0.2, 0.25) is 0 Å². The van der Waals surface area contributed by atoms with Crippen molar-refractivity contribution in [3.8, 4) is 6.07 Å². The summed E-state index contributed by atoms with van der Waals surface area (Å²) in [5.41, 5.74) is 2.11. The molecule has 0 saturated carbocycles. The molecule has 142 valence electrons. The minimum Gasteiger partial charge on any atom is -0.379 e. The maximum atomic E-state index is 13.3.